The molecule has 0 bridgehead atoms. The summed E-state index contributed by atoms with van der Waals surface area (Å²) in [6.07, 6.45) is 3.40. The van der Waals surface area contributed by atoms with Gasteiger partial charge in [-0.1, -0.05) is 0 Å². The first kappa shape index (κ1) is 17.0. The molecular formula is C18H21N3O4. The van der Waals surface area contributed by atoms with Crippen molar-refractivity contribution in [1.29, 1.82) is 0 Å². The Kier molecular flexibility index (Phi) is 5.04. The Morgan fingerprint density at radius 3 is 2.64 bits per heavy atom. The van der Waals surface area contributed by atoms with E-state index in [1.165, 1.54) is 13.4 Å². The molecule has 1 fully saturated rings. The number of hydrogen-bond acceptors (Lipinski definition) is 5. The summed E-state index contributed by atoms with van der Waals surface area (Å²) in [5.74, 6) is 0.612. The van der Waals surface area contributed by atoms with Crippen LogP contribution in [0.25, 0.3) is 0 Å². The molecule has 0 unspecified atom stereocenters. The van der Waals surface area contributed by atoms with Gasteiger partial charge in [-0.15, -0.1) is 0 Å². The summed E-state index contributed by atoms with van der Waals surface area (Å²) in [5, 5.41) is 2.77. The highest BCUT2D eigenvalue weighted by atomic mass is 16.5. The van der Waals surface area contributed by atoms with Gasteiger partial charge in [-0.25, -0.2) is 0 Å². The molecule has 25 heavy (non-hydrogen) atoms. The average molecular weight is 343 g/mol. The van der Waals surface area contributed by atoms with Gasteiger partial charge < -0.3 is 25.1 Å². The summed E-state index contributed by atoms with van der Waals surface area (Å²) in [4.78, 5) is 26.7. The number of carbonyl (C=O) groups is 2. The van der Waals surface area contributed by atoms with Crippen LogP contribution in [0.5, 0.6) is 5.75 Å². The second-order valence-electron chi connectivity index (χ2n) is 5.87. The monoisotopic (exact) mass is 343 g/mol. The van der Waals surface area contributed by atoms with E-state index in [0.717, 1.165) is 25.9 Å². The third-order valence-corrected chi connectivity index (χ3v) is 4.21. The first-order chi connectivity index (χ1) is 12.1. The van der Waals surface area contributed by atoms with E-state index in [9.17, 15) is 9.59 Å². The van der Waals surface area contributed by atoms with Gasteiger partial charge in [0.25, 0.3) is 11.8 Å². The van der Waals surface area contributed by atoms with Crippen molar-refractivity contribution < 1.29 is 18.7 Å². The molecule has 1 aliphatic heterocycles. The molecule has 7 heteroatoms. The zero-order valence-corrected chi connectivity index (χ0v) is 14.1. The van der Waals surface area contributed by atoms with Gasteiger partial charge in [-0.3, -0.25) is 9.59 Å². The number of nitrogens with two attached hydrogens (primary N) is 1. The minimum Gasteiger partial charge on any atom is -0.495 e. The van der Waals surface area contributed by atoms with Crippen LogP contribution < -0.4 is 15.8 Å². The normalized spacial score (nSPS) is 13.8. The van der Waals surface area contributed by atoms with E-state index in [-0.39, 0.29) is 18.4 Å². The third-order valence-electron chi connectivity index (χ3n) is 4.21. The summed E-state index contributed by atoms with van der Waals surface area (Å²) in [6, 6.07) is 6.61. The first-order valence-corrected chi connectivity index (χ1v) is 8.18. The highest BCUT2D eigenvalue weighted by Crippen LogP contribution is 2.27. The van der Waals surface area contributed by atoms with Crippen LogP contribution in [-0.2, 0) is 6.54 Å². The Morgan fingerprint density at radius 2 is 2.00 bits per heavy atom. The molecule has 1 saturated heterocycles. The quantitative estimate of drug-likeness (QED) is 0.867. The van der Waals surface area contributed by atoms with Crippen molar-refractivity contribution >= 4 is 17.5 Å². The summed E-state index contributed by atoms with van der Waals surface area (Å²) in [7, 11) is 1.51. The molecule has 2 amide bonds. The highest BCUT2D eigenvalue weighted by molar-refractivity contribution is 6.06. The lowest BCUT2D eigenvalue weighted by atomic mass is 10.1. The molecule has 3 rings (SSSR count). The lowest BCUT2D eigenvalue weighted by Crippen LogP contribution is -2.27. The number of ether oxygens (including phenoxy) is 1. The average Bonchev–Trinajstić information content (AvgIpc) is 3.32. The maximum absolute atomic E-state index is 12.5. The lowest BCUT2D eigenvalue weighted by molar-refractivity contribution is 0.0792. The third kappa shape index (κ3) is 3.66. The second kappa shape index (κ2) is 7.40. The van der Waals surface area contributed by atoms with Crippen LogP contribution in [-0.4, -0.2) is 36.9 Å². The largest absolute Gasteiger partial charge is 0.495 e. The van der Waals surface area contributed by atoms with E-state index in [2.05, 4.69) is 5.32 Å². The van der Waals surface area contributed by atoms with Gasteiger partial charge in [0.15, 0.2) is 0 Å². The van der Waals surface area contributed by atoms with Gasteiger partial charge in [0, 0.05) is 18.7 Å². The zero-order chi connectivity index (χ0) is 17.8. The second-order valence-corrected chi connectivity index (χ2v) is 5.87. The van der Waals surface area contributed by atoms with Crippen LogP contribution in [0.1, 0.15) is 39.3 Å². The molecule has 0 aliphatic carbocycles. The molecular weight excluding hydrogens is 322 g/mol. The van der Waals surface area contributed by atoms with E-state index >= 15 is 0 Å². The number of hydrogen-bond donors (Lipinski definition) is 2. The SMILES string of the molecule is COc1ccc(C(=O)N2CCCC2)cc1NC(=O)c1coc(CN)c1. The predicted octanol–water partition coefficient (Wildman–Crippen LogP) is 2.24. The number of likely N-dealkylation sites (tertiary alicyclic amines) is 1. The molecule has 2 aromatic rings. The molecule has 0 radical (unpaired) electrons. The molecule has 1 aliphatic rings. The highest BCUT2D eigenvalue weighted by Gasteiger charge is 2.21. The molecule has 2 heterocycles. The molecule has 0 atom stereocenters. The smallest absolute Gasteiger partial charge is 0.259 e. The number of nitrogens with one attached hydrogen (secondary N) is 1. The summed E-state index contributed by atoms with van der Waals surface area (Å²) in [6.45, 7) is 1.75. The number of rotatable bonds is 5. The summed E-state index contributed by atoms with van der Waals surface area (Å²) >= 11 is 0. The Morgan fingerprint density at radius 1 is 1.24 bits per heavy atom. The van der Waals surface area contributed by atoms with Crippen molar-refractivity contribution in [3.8, 4) is 5.75 Å². The molecule has 132 valence electrons. The van der Waals surface area contributed by atoms with Crippen molar-refractivity contribution in [1.82, 2.24) is 4.90 Å². The first-order valence-electron chi connectivity index (χ1n) is 8.18. The van der Waals surface area contributed by atoms with Crippen molar-refractivity contribution in [2.24, 2.45) is 5.73 Å². The van der Waals surface area contributed by atoms with Crippen LogP contribution in [0.2, 0.25) is 0 Å². The number of anilines is 1. The van der Waals surface area contributed by atoms with Gasteiger partial charge in [-0.05, 0) is 37.1 Å². The molecule has 7 nitrogen and oxygen atoms in total. The van der Waals surface area contributed by atoms with Crippen LogP contribution in [0, 0.1) is 0 Å². The zero-order valence-electron chi connectivity index (χ0n) is 14.1. The molecule has 0 saturated carbocycles. The number of carbonyl (C=O) groups excluding carboxylic acids is 2. The topological polar surface area (TPSA) is 97.8 Å². The standard InChI is InChI=1S/C18H21N3O4/c1-24-16-5-4-12(18(23)21-6-2-3-7-21)9-15(16)20-17(22)13-8-14(10-19)25-11-13/h4-5,8-9,11H,2-3,6-7,10,19H2,1H3,(H,20,22). The van der Waals surface area contributed by atoms with Crippen LogP contribution in [0.4, 0.5) is 5.69 Å². The molecule has 3 N–H and O–H groups in total. The number of amides is 2. The fourth-order valence-corrected chi connectivity index (χ4v) is 2.84. The number of benzene rings is 1. The molecule has 1 aromatic heterocycles. The van der Waals surface area contributed by atoms with Gasteiger partial charge in [0.05, 0.1) is 24.9 Å². The molecule has 0 spiro atoms. The number of methoxy groups -OCH3 is 1. The summed E-state index contributed by atoms with van der Waals surface area (Å²) in [5.41, 5.74) is 6.81. The van der Waals surface area contributed by atoms with Gasteiger partial charge >= 0.3 is 0 Å². The Bertz CT molecular complexity index is 778. The fourth-order valence-electron chi connectivity index (χ4n) is 2.84. The Labute approximate surface area is 145 Å². The van der Waals surface area contributed by atoms with Crippen molar-refractivity contribution in [3.63, 3.8) is 0 Å². The van der Waals surface area contributed by atoms with Crippen molar-refractivity contribution in [2.45, 2.75) is 19.4 Å². The van der Waals surface area contributed by atoms with E-state index in [1.807, 2.05) is 4.90 Å². The summed E-state index contributed by atoms with van der Waals surface area (Å²) < 4.78 is 10.5. The maximum atomic E-state index is 12.5. The van der Waals surface area contributed by atoms with Crippen molar-refractivity contribution in [3.05, 3.63) is 47.4 Å². The van der Waals surface area contributed by atoms with Crippen molar-refractivity contribution in [2.75, 3.05) is 25.5 Å². The number of nitrogens with zero attached hydrogens (tertiary/aromatic N) is 1. The van der Waals surface area contributed by atoms with E-state index in [0.29, 0.717) is 28.3 Å². The lowest BCUT2D eigenvalue weighted by Gasteiger charge is -2.17. The van der Waals surface area contributed by atoms with E-state index in [1.54, 1.807) is 24.3 Å². The van der Waals surface area contributed by atoms with Crippen LogP contribution >= 0.6 is 0 Å². The maximum Gasteiger partial charge on any atom is 0.259 e. The van der Waals surface area contributed by atoms with E-state index < -0.39 is 0 Å². The minimum atomic E-state index is -0.354. The molecule has 1 aromatic carbocycles. The van der Waals surface area contributed by atoms with Gasteiger partial charge in [0.2, 0.25) is 0 Å². The number of furan rings is 1. The van der Waals surface area contributed by atoms with Gasteiger partial charge in [-0.2, -0.15) is 0 Å². The Hall–Kier alpha value is -2.80. The predicted molar refractivity (Wildman–Crippen MR) is 92.7 cm³/mol. The van der Waals surface area contributed by atoms with E-state index in [4.69, 9.17) is 14.9 Å². The van der Waals surface area contributed by atoms with Crippen LogP contribution in [0.15, 0.2) is 34.9 Å². The van der Waals surface area contributed by atoms with Crippen LogP contribution in [0.3, 0.4) is 0 Å². The fraction of sp³-hybridized carbons (Fsp3) is 0.333. The Balaban J connectivity index is 1.82. The van der Waals surface area contributed by atoms with Gasteiger partial charge in [0.1, 0.15) is 17.8 Å². The minimum absolute atomic E-state index is 0.0376.